The van der Waals surface area contributed by atoms with Gasteiger partial charge < -0.3 is 14.6 Å². The quantitative estimate of drug-likeness (QED) is 0.644. The maximum Gasteiger partial charge on any atom is 0.573 e. The minimum atomic E-state index is -4.98. The number of pyridine rings is 1. The molecule has 0 radical (unpaired) electrons. The molecule has 1 aromatic heterocycles. The second kappa shape index (κ2) is 4.94. The molecule has 0 atom stereocenters. The summed E-state index contributed by atoms with van der Waals surface area (Å²) in [5, 5.41) is 9.44. The fourth-order valence-electron chi connectivity index (χ4n) is 0.921. The summed E-state index contributed by atoms with van der Waals surface area (Å²) in [7, 11) is 1.01. The molecule has 17 heavy (non-hydrogen) atoms. The Hall–Kier alpha value is -1.26. The summed E-state index contributed by atoms with van der Waals surface area (Å²) in [6.07, 6.45) is -4.03. The highest BCUT2D eigenvalue weighted by molar-refractivity contribution is 14.1. The number of methoxy groups -OCH3 is 1. The predicted octanol–water partition coefficient (Wildman–Crippen LogP) is 2.08. The lowest BCUT2D eigenvalue weighted by atomic mass is 10.3. The van der Waals surface area contributed by atoms with Crippen LogP contribution in [0.5, 0.6) is 11.5 Å². The van der Waals surface area contributed by atoms with Gasteiger partial charge in [-0.2, -0.15) is 0 Å². The molecule has 5 nitrogen and oxygen atoms in total. The van der Waals surface area contributed by atoms with Gasteiger partial charge in [0.25, 0.3) is 0 Å². The van der Waals surface area contributed by atoms with Crippen LogP contribution in [-0.2, 0) is 4.74 Å². The maximum absolute atomic E-state index is 12.0. The molecule has 0 bridgehead atoms. The van der Waals surface area contributed by atoms with Crippen molar-refractivity contribution >= 4 is 28.6 Å². The molecule has 0 fully saturated rings. The highest BCUT2D eigenvalue weighted by Crippen LogP contribution is 2.37. The number of carbonyl (C=O) groups excluding carboxylic acids is 1. The fourth-order valence-corrected chi connectivity index (χ4v) is 1.43. The third kappa shape index (κ3) is 3.35. The number of aromatic nitrogens is 1. The molecule has 94 valence electrons. The average molecular weight is 363 g/mol. The smallest absolute Gasteiger partial charge is 0.503 e. The second-order valence-electron chi connectivity index (χ2n) is 2.67. The van der Waals surface area contributed by atoms with E-state index in [-0.39, 0.29) is 3.57 Å². The van der Waals surface area contributed by atoms with E-state index in [2.05, 4.69) is 14.5 Å². The van der Waals surface area contributed by atoms with E-state index in [4.69, 9.17) is 0 Å². The molecule has 1 heterocycles. The minimum Gasteiger partial charge on any atom is -0.503 e. The highest BCUT2D eigenvalue weighted by Gasteiger charge is 2.35. The van der Waals surface area contributed by atoms with E-state index in [1.807, 2.05) is 0 Å². The number of alkyl halides is 3. The third-order valence-electron chi connectivity index (χ3n) is 1.56. The number of nitrogens with zero attached hydrogens (tertiary/aromatic N) is 1. The Morgan fingerprint density at radius 2 is 2.12 bits per heavy atom. The summed E-state index contributed by atoms with van der Waals surface area (Å²) >= 11 is 1.48. The first kappa shape index (κ1) is 13.8. The van der Waals surface area contributed by atoms with Gasteiger partial charge in [0.2, 0.25) is 0 Å². The lowest BCUT2D eigenvalue weighted by Crippen LogP contribution is -2.19. The first-order valence-corrected chi connectivity index (χ1v) is 5.05. The van der Waals surface area contributed by atoms with Crippen LogP contribution in [0.25, 0.3) is 0 Å². The van der Waals surface area contributed by atoms with Gasteiger partial charge in [-0.15, -0.1) is 13.2 Å². The van der Waals surface area contributed by atoms with Gasteiger partial charge in [-0.1, -0.05) is 0 Å². The van der Waals surface area contributed by atoms with Crippen LogP contribution in [0.1, 0.15) is 10.5 Å². The van der Waals surface area contributed by atoms with Crippen molar-refractivity contribution in [1.82, 2.24) is 4.98 Å². The van der Waals surface area contributed by atoms with E-state index in [1.165, 1.54) is 22.6 Å². The minimum absolute atomic E-state index is 0.0925. The van der Waals surface area contributed by atoms with Gasteiger partial charge in [0.15, 0.2) is 17.2 Å². The Kier molecular flexibility index (Phi) is 4.01. The summed E-state index contributed by atoms with van der Waals surface area (Å²) in [4.78, 5) is 14.5. The van der Waals surface area contributed by atoms with Crippen molar-refractivity contribution in [3.63, 3.8) is 0 Å². The molecule has 0 aliphatic rings. The molecule has 1 aromatic rings. The average Bonchev–Trinajstić information content (AvgIpc) is 2.22. The molecule has 0 aliphatic heterocycles. The van der Waals surface area contributed by atoms with E-state index in [1.54, 1.807) is 0 Å². The summed E-state index contributed by atoms with van der Waals surface area (Å²) in [6, 6.07) is 0. The molecule has 1 rings (SSSR count). The molecule has 9 heteroatoms. The lowest BCUT2D eigenvalue weighted by Gasteiger charge is -2.13. The Morgan fingerprint density at radius 1 is 1.53 bits per heavy atom. The maximum atomic E-state index is 12.0. The number of hydrogen-bond donors (Lipinski definition) is 1. The van der Waals surface area contributed by atoms with Gasteiger partial charge in [0, 0.05) is 6.20 Å². The van der Waals surface area contributed by atoms with Crippen molar-refractivity contribution in [3.05, 3.63) is 15.5 Å². The van der Waals surface area contributed by atoms with Gasteiger partial charge in [-0.3, -0.25) is 0 Å². The fraction of sp³-hybridized carbons (Fsp3) is 0.250. The molecule has 0 aliphatic carbocycles. The third-order valence-corrected chi connectivity index (χ3v) is 2.33. The zero-order valence-electron chi connectivity index (χ0n) is 8.21. The Balaban J connectivity index is 3.25. The summed E-state index contributed by atoms with van der Waals surface area (Å²) < 4.78 is 43.9. The van der Waals surface area contributed by atoms with Crippen LogP contribution in [0.4, 0.5) is 13.2 Å². The first-order valence-electron chi connectivity index (χ1n) is 3.97. The Bertz CT molecular complexity index is 449. The standard InChI is InChI=1S/C8H5F3INO4/c1-16-7(15)4-5(14)6(3(12)2-13-4)17-8(9,10)11/h2,14H,1H3. The largest absolute Gasteiger partial charge is 0.573 e. The van der Waals surface area contributed by atoms with Crippen molar-refractivity contribution in [1.29, 1.82) is 0 Å². The van der Waals surface area contributed by atoms with Gasteiger partial charge in [-0.25, -0.2) is 9.78 Å². The molecule has 0 unspecified atom stereocenters. The monoisotopic (exact) mass is 363 g/mol. The Morgan fingerprint density at radius 3 is 2.59 bits per heavy atom. The van der Waals surface area contributed by atoms with E-state index in [0.717, 1.165) is 13.3 Å². The zero-order valence-corrected chi connectivity index (χ0v) is 10.4. The van der Waals surface area contributed by atoms with E-state index in [0.29, 0.717) is 0 Å². The number of esters is 1. The van der Waals surface area contributed by atoms with Crippen LogP contribution < -0.4 is 4.74 Å². The number of carbonyl (C=O) groups is 1. The lowest BCUT2D eigenvalue weighted by molar-refractivity contribution is -0.275. The van der Waals surface area contributed by atoms with Crippen LogP contribution in [0.2, 0.25) is 0 Å². The van der Waals surface area contributed by atoms with Crippen LogP contribution in [0.3, 0.4) is 0 Å². The normalized spacial score (nSPS) is 11.1. The van der Waals surface area contributed by atoms with E-state index >= 15 is 0 Å². The molecular weight excluding hydrogens is 358 g/mol. The van der Waals surface area contributed by atoms with Crippen LogP contribution >= 0.6 is 22.6 Å². The number of aromatic hydroxyl groups is 1. The molecule has 0 amide bonds. The van der Waals surface area contributed by atoms with Crippen molar-refractivity contribution in [2.75, 3.05) is 7.11 Å². The second-order valence-corrected chi connectivity index (χ2v) is 3.83. The number of rotatable bonds is 2. The van der Waals surface area contributed by atoms with Gasteiger partial charge in [0.05, 0.1) is 10.7 Å². The molecule has 0 saturated carbocycles. The van der Waals surface area contributed by atoms with E-state index in [9.17, 15) is 23.1 Å². The molecular formula is C8H5F3INO4. The van der Waals surface area contributed by atoms with Crippen LogP contribution in [0.15, 0.2) is 6.20 Å². The number of halogens is 4. The molecule has 0 aromatic carbocycles. The molecule has 0 saturated heterocycles. The van der Waals surface area contributed by atoms with Gasteiger partial charge in [-0.05, 0) is 22.6 Å². The Labute approximate surface area is 107 Å². The highest BCUT2D eigenvalue weighted by atomic mass is 127. The van der Waals surface area contributed by atoms with Crippen LogP contribution in [-0.4, -0.2) is 29.5 Å². The number of hydrogen-bond acceptors (Lipinski definition) is 5. The van der Waals surface area contributed by atoms with Crippen LogP contribution in [0, 0.1) is 3.57 Å². The van der Waals surface area contributed by atoms with Crippen molar-refractivity contribution < 1.29 is 32.5 Å². The summed E-state index contributed by atoms with van der Waals surface area (Å²) in [5.74, 6) is -2.96. The SMILES string of the molecule is COC(=O)c1ncc(I)c(OC(F)(F)F)c1O. The molecule has 0 spiro atoms. The van der Waals surface area contributed by atoms with Gasteiger partial charge >= 0.3 is 12.3 Å². The van der Waals surface area contributed by atoms with Crippen molar-refractivity contribution in [3.8, 4) is 11.5 Å². The summed E-state index contributed by atoms with van der Waals surface area (Å²) in [6.45, 7) is 0. The predicted molar refractivity (Wildman–Crippen MR) is 56.6 cm³/mol. The van der Waals surface area contributed by atoms with E-state index < -0.39 is 29.5 Å². The van der Waals surface area contributed by atoms with Gasteiger partial charge in [0.1, 0.15) is 0 Å². The topological polar surface area (TPSA) is 68.7 Å². The number of ether oxygens (including phenoxy) is 2. The first-order chi connectivity index (χ1) is 7.76. The molecule has 1 N–H and O–H groups in total. The summed E-state index contributed by atoms with van der Waals surface area (Å²) in [5.41, 5.74) is -0.646. The van der Waals surface area contributed by atoms with Crippen molar-refractivity contribution in [2.24, 2.45) is 0 Å². The zero-order chi connectivity index (χ0) is 13.2. The van der Waals surface area contributed by atoms with Crippen molar-refractivity contribution in [2.45, 2.75) is 6.36 Å².